The summed E-state index contributed by atoms with van der Waals surface area (Å²) in [6.07, 6.45) is 0.154. The molecule has 0 radical (unpaired) electrons. The van der Waals surface area contributed by atoms with Gasteiger partial charge in [-0.1, -0.05) is 17.7 Å². The van der Waals surface area contributed by atoms with E-state index in [0.717, 1.165) is 0 Å². The van der Waals surface area contributed by atoms with Crippen LogP contribution in [0, 0.1) is 5.92 Å². The number of benzene rings is 2. The first-order valence-corrected chi connectivity index (χ1v) is 8.48. The highest BCUT2D eigenvalue weighted by Gasteiger charge is 2.35. The maximum atomic E-state index is 12.5. The fourth-order valence-electron chi connectivity index (χ4n) is 2.94. The van der Waals surface area contributed by atoms with Gasteiger partial charge in [0.1, 0.15) is 0 Å². The van der Waals surface area contributed by atoms with Gasteiger partial charge in [0, 0.05) is 35.4 Å². The second-order valence-corrected chi connectivity index (χ2v) is 6.38. The minimum atomic E-state index is -0.436. The number of anilines is 2. The zero-order valence-corrected chi connectivity index (χ0v) is 15.2. The molecule has 1 fully saturated rings. The average molecular weight is 375 g/mol. The second kappa shape index (κ2) is 7.66. The predicted molar refractivity (Wildman–Crippen MR) is 100 cm³/mol. The molecule has 2 aromatic carbocycles. The molecule has 0 spiro atoms. The largest absolute Gasteiger partial charge is 0.493 e. The highest BCUT2D eigenvalue weighted by molar-refractivity contribution is 6.30. The number of hydrogen-bond donors (Lipinski definition) is 1. The van der Waals surface area contributed by atoms with Crippen molar-refractivity contribution in [1.82, 2.24) is 0 Å². The smallest absolute Gasteiger partial charge is 0.229 e. The van der Waals surface area contributed by atoms with Crippen molar-refractivity contribution in [2.45, 2.75) is 6.42 Å². The predicted octanol–water partition coefficient (Wildman–Crippen LogP) is 3.35. The summed E-state index contributed by atoms with van der Waals surface area (Å²) in [6.45, 7) is 0.306. The Balaban J connectivity index is 1.73. The van der Waals surface area contributed by atoms with Crippen LogP contribution >= 0.6 is 11.6 Å². The Morgan fingerprint density at radius 3 is 2.62 bits per heavy atom. The standard InChI is InChI=1S/C19H19ClN2O4/c1-25-16-7-6-15(10-17(16)26-2)22-11-12(8-18(22)23)19(24)21-14-5-3-4-13(20)9-14/h3-7,9-10,12H,8,11H2,1-2H3,(H,21,24). The van der Waals surface area contributed by atoms with E-state index in [1.54, 1.807) is 54.5 Å². The molecule has 1 aliphatic rings. The van der Waals surface area contributed by atoms with Crippen molar-refractivity contribution in [3.63, 3.8) is 0 Å². The first-order chi connectivity index (χ1) is 12.5. The summed E-state index contributed by atoms with van der Waals surface area (Å²) < 4.78 is 10.5. The average Bonchev–Trinajstić information content (AvgIpc) is 3.03. The summed E-state index contributed by atoms with van der Waals surface area (Å²) in [5.41, 5.74) is 1.28. The molecule has 0 saturated carbocycles. The summed E-state index contributed by atoms with van der Waals surface area (Å²) in [6, 6.07) is 12.2. The molecule has 1 aliphatic heterocycles. The number of halogens is 1. The lowest BCUT2D eigenvalue weighted by Gasteiger charge is -2.18. The zero-order valence-electron chi connectivity index (χ0n) is 14.5. The van der Waals surface area contributed by atoms with Gasteiger partial charge in [0.05, 0.1) is 20.1 Å². The number of nitrogens with one attached hydrogen (secondary N) is 1. The third-order valence-corrected chi connectivity index (χ3v) is 4.50. The Bertz CT molecular complexity index is 840. The molecular weight excluding hydrogens is 356 g/mol. The van der Waals surface area contributed by atoms with E-state index in [0.29, 0.717) is 34.4 Å². The number of ether oxygens (including phenoxy) is 2. The number of rotatable bonds is 5. The number of hydrogen-bond acceptors (Lipinski definition) is 4. The summed E-state index contributed by atoms with van der Waals surface area (Å²) in [5.74, 6) is 0.365. The quantitative estimate of drug-likeness (QED) is 0.871. The van der Waals surface area contributed by atoms with Gasteiger partial charge < -0.3 is 19.7 Å². The van der Waals surface area contributed by atoms with Gasteiger partial charge in [-0.2, -0.15) is 0 Å². The fraction of sp³-hybridized carbons (Fsp3) is 0.263. The lowest BCUT2D eigenvalue weighted by Crippen LogP contribution is -2.28. The molecule has 6 nitrogen and oxygen atoms in total. The molecule has 1 saturated heterocycles. The van der Waals surface area contributed by atoms with Crippen LogP contribution in [0.4, 0.5) is 11.4 Å². The third kappa shape index (κ3) is 3.75. The molecular formula is C19H19ClN2O4. The fourth-order valence-corrected chi connectivity index (χ4v) is 3.13. The van der Waals surface area contributed by atoms with Gasteiger partial charge in [0.25, 0.3) is 0 Å². The monoisotopic (exact) mass is 374 g/mol. The molecule has 1 heterocycles. The van der Waals surface area contributed by atoms with Crippen LogP contribution in [-0.2, 0) is 9.59 Å². The first kappa shape index (κ1) is 18.1. The zero-order chi connectivity index (χ0) is 18.7. The topological polar surface area (TPSA) is 67.9 Å². The Kier molecular flexibility index (Phi) is 5.32. The molecule has 0 bridgehead atoms. The van der Waals surface area contributed by atoms with Gasteiger partial charge in [-0.15, -0.1) is 0 Å². The van der Waals surface area contributed by atoms with E-state index in [1.807, 2.05) is 0 Å². The maximum Gasteiger partial charge on any atom is 0.229 e. The number of carbonyl (C=O) groups is 2. The van der Waals surface area contributed by atoms with Crippen LogP contribution in [0.1, 0.15) is 6.42 Å². The number of amides is 2. The summed E-state index contributed by atoms with van der Waals surface area (Å²) in [4.78, 5) is 26.5. The van der Waals surface area contributed by atoms with Crippen molar-refractivity contribution < 1.29 is 19.1 Å². The molecule has 2 amide bonds. The van der Waals surface area contributed by atoms with Crippen LogP contribution in [0.3, 0.4) is 0 Å². The summed E-state index contributed by atoms with van der Waals surface area (Å²) >= 11 is 5.93. The lowest BCUT2D eigenvalue weighted by atomic mass is 10.1. The highest BCUT2D eigenvalue weighted by Crippen LogP contribution is 2.34. The summed E-state index contributed by atoms with van der Waals surface area (Å²) in [7, 11) is 3.09. The van der Waals surface area contributed by atoms with Crippen molar-refractivity contribution in [1.29, 1.82) is 0 Å². The van der Waals surface area contributed by atoms with E-state index < -0.39 is 5.92 Å². The molecule has 7 heteroatoms. The lowest BCUT2D eigenvalue weighted by molar-refractivity contribution is -0.122. The van der Waals surface area contributed by atoms with E-state index in [2.05, 4.69) is 5.32 Å². The van der Waals surface area contributed by atoms with Crippen molar-refractivity contribution in [3.05, 3.63) is 47.5 Å². The molecule has 1 atom stereocenters. The first-order valence-electron chi connectivity index (χ1n) is 8.10. The normalized spacial score (nSPS) is 16.5. The Morgan fingerprint density at radius 2 is 1.92 bits per heavy atom. The van der Waals surface area contributed by atoms with Crippen LogP contribution in [0.2, 0.25) is 5.02 Å². The SMILES string of the molecule is COc1ccc(N2CC(C(=O)Nc3cccc(Cl)c3)CC2=O)cc1OC. The third-order valence-electron chi connectivity index (χ3n) is 4.27. The van der Waals surface area contributed by atoms with E-state index in [9.17, 15) is 9.59 Å². The Hall–Kier alpha value is -2.73. The molecule has 3 rings (SSSR count). The van der Waals surface area contributed by atoms with Crippen molar-refractivity contribution >= 4 is 34.8 Å². The van der Waals surface area contributed by atoms with E-state index in [4.69, 9.17) is 21.1 Å². The van der Waals surface area contributed by atoms with Gasteiger partial charge in [-0.25, -0.2) is 0 Å². The van der Waals surface area contributed by atoms with Crippen LogP contribution < -0.4 is 19.7 Å². The Labute approximate surface area is 156 Å². The van der Waals surface area contributed by atoms with Crippen LogP contribution in [0.5, 0.6) is 11.5 Å². The number of methoxy groups -OCH3 is 2. The minimum Gasteiger partial charge on any atom is -0.493 e. The van der Waals surface area contributed by atoms with Gasteiger partial charge >= 0.3 is 0 Å². The number of carbonyl (C=O) groups excluding carboxylic acids is 2. The van der Waals surface area contributed by atoms with Gasteiger partial charge in [-0.3, -0.25) is 9.59 Å². The maximum absolute atomic E-state index is 12.5. The molecule has 0 aliphatic carbocycles. The molecule has 1 N–H and O–H groups in total. The van der Waals surface area contributed by atoms with Gasteiger partial charge in [0.15, 0.2) is 11.5 Å². The molecule has 1 unspecified atom stereocenters. The van der Waals surface area contributed by atoms with Gasteiger partial charge in [-0.05, 0) is 30.3 Å². The molecule has 2 aromatic rings. The molecule has 136 valence electrons. The minimum absolute atomic E-state index is 0.108. The van der Waals surface area contributed by atoms with Crippen LogP contribution in [-0.4, -0.2) is 32.6 Å². The second-order valence-electron chi connectivity index (χ2n) is 5.94. The van der Waals surface area contributed by atoms with E-state index in [-0.39, 0.29) is 18.2 Å². The summed E-state index contributed by atoms with van der Waals surface area (Å²) in [5, 5.41) is 3.35. The van der Waals surface area contributed by atoms with Crippen molar-refractivity contribution in [2.75, 3.05) is 31.0 Å². The Morgan fingerprint density at radius 1 is 1.15 bits per heavy atom. The van der Waals surface area contributed by atoms with E-state index >= 15 is 0 Å². The highest BCUT2D eigenvalue weighted by atomic mass is 35.5. The van der Waals surface area contributed by atoms with Crippen molar-refractivity contribution in [3.8, 4) is 11.5 Å². The van der Waals surface area contributed by atoms with Crippen molar-refractivity contribution in [2.24, 2.45) is 5.92 Å². The molecule has 0 aromatic heterocycles. The van der Waals surface area contributed by atoms with Gasteiger partial charge in [0.2, 0.25) is 11.8 Å². The number of nitrogens with zero attached hydrogens (tertiary/aromatic N) is 1. The van der Waals surface area contributed by atoms with E-state index in [1.165, 1.54) is 7.11 Å². The van der Waals surface area contributed by atoms with Crippen LogP contribution in [0.15, 0.2) is 42.5 Å². The van der Waals surface area contributed by atoms with Crippen LogP contribution in [0.25, 0.3) is 0 Å². The molecule has 26 heavy (non-hydrogen) atoms.